The maximum atomic E-state index is 13.2. The summed E-state index contributed by atoms with van der Waals surface area (Å²) < 4.78 is 45.3. The van der Waals surface area contributed by atoms with Crippen LogP contribution in [0.25, 0.3) is 6.08 Å². The summed E-state index contributed by atoms with van der Waals surface area (Å²) in [6.07, 6.45) is 6.56. The van der Waals surface area contributed by atoms with Crippen LogP contribution in [-0.2, 0) is 24.3 Å². The van der Waals surface area contributed by atoms with Crippen LogP contribution >= 0.6 is 0 Å². The Morgan fingerprint density at radius 2 is 1.65 bits per heavy atom. The molecule has 0 bridgehead atoms. The van der Waals surface area contributed by atoms with Crippen molar-refractivity contribution in [3.05, 3.63) is 71.6 Å². The minimum absolute atomic E-state index is 0.106. The average molecular weight is 489 g/mol. The van der Waals surface area contributed by atoms with Gasteiger partial charge in [-0.15, -0.1) is 0 Å². The SMILES string of the molecule is COC(=O)CC(NC(=O)/C=C/c1ccc(S(=O)(=O)N2CCCCCC2)cc1)c1ccc(F)cc1. The molecule has 1 saturated heterocycles. The molecule has 182 valence electrons. The molecule has 1 N–H and O–H groups in total. The Balaban J connectivity index is 1.67. The van der Waals surface area contributed by atoms with Gasteiger partial charge in [0.2, 0.25) is 15.9 Å². The van der Waals surface area contributed by atoms with Crippen LogP contribution in [0.15, 0.2) is 59.5 Å². The van der Waals surface area contributed by atoms with Gasteiger partial charge in [-0.3, -0.25) is 9.59 Å². The van der Waals surface area contributed by atoms with E-state index in [1.807, 2.05) is 0 Å². The topological polar surface area (TPSA) is 92.8 Å². The van der Waals surface area contributed by atoms with Crippen LogP contribution in [0, 0.1) is 5.82 Å². The lowest BCUT2D eigenvalue weighted by Gasteiger charge is -2.19. The van der Waals surface area contributed by atoms with Crippen molar-refractivity contribution in [1.82, 2.24) is 9.62 Å². The maximum Gasteiger partial charge on any atom is 0.307 e. The molecule has 1 aliphatic heterocycles. The van der Waals surface area contributed by atoms with E-state index in [-0.39, 0.29) is 11.3 Å². The van der Waals surface area contributed by atoms with Crippen LogP contribution in [0.3, 0.4) is 0 Å². The van der Waals surface area contributed by atoms with E-state index >= 15 is 0 Å². The number of nitrogens with one attached hydrogen (secondary N) is 1. The standard InChI is InChI=1S/C25H29FN2O5S/c1-33-25(30)18-23(20-9-11-21(26)12-10-20)27-24(29)15-8-19-6-13-22(14-7-19)34(31,32)28-16-4-2-3-5-17-28/h6-15,23H,2-5,16-18H2,1H3,(H,27,29)/b15-8+. The number of sulfonamides is 1. The molecule has 0 aromatic heterocycles. The van der Waals surface area contributed by atoms with E-state index in [9.17, 15) is 22.4 Å². The highest BCUT2D eigenvalue weighted by Gasteiger charge is 2.25. The molecule has 34 heavy (non-hydrogen) atoms. The molecule has 1 fully saturated rings. The predicted octanol–water partition coefficient (Wildman–Crippen LogP) is 3.82. The van der Waals surface area contributed by atoms with Crippen molar-refractivity contribution in [3.63, 3.8) is 0 Å². The number of carbonyl (C=O) groups is 2. The lowest BCUT2D eigenvalue weighted by Crippen LogP contribution is -2.31. The summed E-state index contributed by atoms with van der Waals surface area (Å²) in [6, 6.07) is 11.2. The number of rotatable bonds is 8. The molecule has 3 rings (SSSR count). The molecule has 1 amide bonds. The van der Waals surface area contributed by atoms with Gasteiger partial charge in [-0.05, 0) is 54.3 Å². The summed E-state index contributed by atoms with van der Waals surface area (Å²) in [4.78, 5) is 24.5. The second-order valence-electron chi connectivity index (χ2n) is 8.11. The molecule has 1 heterocycles. The molecular formula is C25H29FN2O5S. The van der Waals surface area contributed by atoms with Gasteiger partial charge in [0.05, 0.1) is 24.5 Å². The van der Waals surface area contributed by atoms with Crippen molar-refractivity contribution in [2.75, 3.05) is 20.2 Å². The van der Waals surface area contributed by atoms with Gasteiger partial charge in [0.25, 0.3) is 0 Å². The number of benzene rings is 2. The van der Waals surface area contributed by atoms with Crippen LogP contribution in [0.2, 0.25) is 0 Å². The number of carbonyl (C=O) groups excluding carboxylic acids is 2. The van der Waals surface area contributed by atoms with Crippen LogP contribution in [0.5, 0.6) is 0 Å². The second-order valence-corrected chi connectivity index (χ2v) is 10.1. The van der Waals surface area contributed by atoms with Crippen molar-refractivity contribution in [2.45, 2.75) is 43.0 Å². The molecule has 7 nitrogen and oxygen atoms in total. The van der Waals surface area contributed by atoms with E-state index in [2.05, 4.69) is 5.32 Å². The lowest BCUT2D eigenvalue weighted by atomic mass is 10.0. The van der Waals surface area contributed by atoms with Gasteiger partial charge < -0.3 is 10.1 Å². The number of esters is 1. The first-order valence-electron chi connectivity index (χ1n) is 11.2. The Morgan fingerprint density at radius 1 is 1.03 bits per heavy atom. The zero-order valence-electron chi connectivity index (χ0n) is 19.1. The minimum atomic E-state index is -3.54. The molecule has 0 spiro atoms. The number of ether oxygens (including phenoxy) is 1. The Bertz CT molecular complexity index is 1110. The zero-order valence-corrected chi connectivity index (χ0v) is 19.9. The van der Waals surface area contributed by atoms with Crippen molar-refractivity contribution >= 4 is 28.0 Å². The number of nitrogens with zero attached hydrogens (tertiary/aromatic N) is 1. The Kier molecular flexibility index (Phi) is 8.95. The summed E-state index contributed by atoms with van der Waals surface area (Å²) in [5.41, 5.74) is 1.22. The van der Waals surface area contributed by atoms with E-state index in [1.54, 1.807) is 18.2 Å². The largest absolute Gasteiger partial charge is 0.469 e. The van der Waals surface area contributed by atoms with E-state index in [0.29, 0.717) is 24.2 Å². The molecule has 2 aromatic carbocycles. The first-order valence-corrected chi connectivity index (χ1v) is 12.6. The van der Waals surface area contributed by atoms with Crippen molar-refractivity contribution in [2.24, 2.45) is 0 Å². The Morgan fingerprint density at radius 3 is 2.24 bits per heavy atom. The lowest BCUT2D eigenvalue weighted by molar-refractivity contribution is -0.141. The second kappa shape index (κ2) is 11.9. The monoisotopic (exact) mass is 488 g/mol. The zero-order chi connectivity index (χ0) is 24.6. The highest BCUT2D eigenvalue weighted by atomic mass is 32.2. The number of methoxy groups -OCH3 is 1. The summed E-state index contributed by atoms with van der Waals surface area (Å²) in [5, 5.41) is 2.72. The Labute approximate surface area is 199 Å². The van der Waals surface area contributed by atoms with Gasteiger partial charge in [-0.25, -0.2) is 12.8 Å². The van der Waals surface area contributed by atoms with Gasteiger partial charge in [0, 0.05) is 19.2 Å². The van der Waals surface area contributed by atoms with Crippen molar-refractivity contribution in [1.29, 1.82) is 0 Å². The third-order valence-corrected chi connectivity index (χ3v) is 7.61. The van der Waals surface area contributed by atoms with Crippen LogP contribution in [-0.4, -0.2) is 44.8 Å². The van der Waals surface area contributed by atoms with E-state index in [4.69, 9.17) is 4.74 Å². The summed E-state index contributed by atoms with van der Waals surface area (Å²) in [7, 11) is -2.29. The van der Waals surface area contributed by atoms with Crippen LogP contribution < -0.4 is 5.32 Å². The first-order chi connectivity index (χ1) is 16.3. The normalized spacial score (nSPS) is 16.1. The molecule has 9 heteroatoms. The van der Waals surface area contributed by atoms with Gasteiger partial charge in [0.1, 0.15) is 5.82 Å². The third kappa shape index (κ3) is 6.98. The number of amides is 1. The van der Waals surface area contributed by atoms with E-state index in [0.717, 1.165) is 25.7 Å². The highest BCUT2D eigenvalue weighted by Crippen LogP contribution is 2.21. The molecule has 1 unspecified atom stereocenters. The van der Waals surface area contributed by atoms with Gasteiger partial charge in [-0.2, -0.15) is 4.31 Å². The maximum absolute atomic E-state index is 13.2. The number of hydrogen-bond acceptors (Lipinski definition) is 5. The fraction of sp³-hybridized carbons (Fsp3) is 0.360. The van der Waals surface area contributed by atoms with Gasteiger partial charge >= 0.3 is 5.97 Å². The molecule has 1 aliphatic rings. The van der Waals surface area contributed by atoms with Crippen LogP contribution in [0.4, 0.5) is 4.39 Å². The molecular weight excluding hydrogens is 459 g/mol. The molecule has 0 aliphatic carbocycles. The van der Waals surface area contributed by atoms with E-state index < -0.39 is 33.8 Å². The molecule has 1 atom stereocenters. The summed E-state index contributed by atoms with van der Waals surface area (Å²) >= 11 is 0. The quantitative estimate of drug-likeness (QED) is 0.450. The van der Waals surface area contributed by atoms with Crippen molar-refractivity contribution in [3.8, 4) is 0 Å². The smallest absolute Gasteiger partial charge is 0.307 e. The predicted molar refractivity (Wildman–Crippen MR) is 127 cm³/mol. The number of halogens is 1. The molecule has 2 aromatic rings. The highest BCUT2D eigenvalue weighted by molar-refractivity contribution is 7.89. The Hall–Kier alpha value is -3.04. The van der Waals surface area contributed by atoms with Crippen LogP contribution in [0.1, 0.15) is 49.3 Å². The van der Waals surface area contributed by atoms with Gasteiger partial charge in [-0.1, -0.05) is 37.1 Å². The average Bonchev–Trinajstić information content (AvgIpc) is 3.13. The number of hydrogen-bond donors (Lipinski definition) is 1. The van der Waals surface area contributed by atoms with E-state index in [1.165, 1.54) is 53.9 Å². The summed E-state index contributed by atoms with van der Waals surface area (Å²) in [5.74, 6) is -1.40. The summed E-state index contributed by atoms with van der Waals surface area (Å²) in [6.45, 7) is 1.07. The first kappa shape index (κ1) is 25.6. The third-order valence-electron chi connectivity index (χ3n) is 5.70. The fourth-order valence-electron chi connectivity index (χ4n) is 3.77. The molecule has 0 saturated carbocycles. The fourth-order valence-corrected chi connectivity index (χ4v) is 5.29. The molecule has 0 radical (unpaired) electrons. The van der Waals surface area contributed by atoms with Gasteiger partial charge in [0.15, 0.2) is 0 Å². The minimum Gasteiger partial charge on any atom is -0.469 e. The van der Waals surface area contributed by atoms with Crippen molar-refractivity contribution < 1.29 is 27.1 Å².